The number of hydrogen-bond acceptors (Lipinski definition) is 2. The maximum Gasteiger partial charge on any atom is 0.0435 e. The van der Waals surface area contributed by atoms with Crippen LogP contribution in [0.1, 0.15) is 27.7 Å². The van der Waals surface area contributed by atoms with Gasteiger partial charge in [0.15, 0.2) is 0 Å². The Morgan fingerprint density at radius 3 is 1.91 bits per heavy atom. The highest BCUT2D eigenvalue weighted by atomic mass is 15.3. The van der Waals surface area contributed by atoms with E-state index >= 15 is 0 Å². The lowest BCUT2D eigenvalue weighted by Gasteiger charge is -2.52. The van der Waals surface area contributed by atoms with Crippen molar-refractivity contribution in [1.82, 2.24) is 4.90 Å². The number of hydrogen-bond donors (Lipinski definition) is 1. The van der Waals surface area contributed by atoms with E-state index in [1.807, 2.05) is 0 Å². The molecule has 1 fully saturated rings. The molecule has 66 valence electrons. The topological polar surface area (TPSA) is 29.3 Å². The molecule has 2 heteroatoms. The van der Waals surface area contributed by atoms with E-state index in [0.717, 1.165) is 13.1 Å². The second-order valence-corrected chi connectivity index (χ2v) is 4.39. The fourth-order valence-electron chi connectivity index (χ4n) is 1.44. The first-order valence-corrected chi connectivity index (χ1v) is 4.48. The van der Waals surface area contributed by atoms with E-state index in [0.29, 0.717) is 12.0 Å². The van der Waals surface area contributed by atoms with Crippen molar-refractivity contribution in [2.75, 3.05) is 13.1 Å². The lowest BCUT2D eigenvalue weighted by molar-refractivity contribution is 0.0137. The average Bonchev–Trinajstić information content (AvgIpc) is 1.79. The lowest BCUT2D eigenvalue weighted by atomic mass is 9.79. The van der Waals surface area contributed by atoms with Crippen LogP contribution in [0.4, 0.5) is 0 Å². The van der Waals surface area contributed by atoms with Crippen molar-refractivity contribution in [2.24, 2.45) is 11.7 Å². The van der Waals surface area contributed by atoms with Gasteiger partial charge in [0.2, 0.25) is 0 Å². The van der Waals surface area contributed by atoms with Crippen LogP contribution in [0, 0.1) is 5.92 Å². The van der Waals surface area contributed by atoms with E-state index in [4.69, 9.17) is 5.73 Å². The molecule has 1 aliphatic rings. The molecule has 0 unspecified atom stereocenters. The van der Waals surface area contributed by atoms with Crippen molar-refractivity contribution < 1.29 is 0 Å². The first kappa shape index (κ1) is 9.01. The smallest absolute Gasteiger partial charge is 0.0435 e. The van der Waals surface area contributed by atoms with Crippen LogP contribution in [-0.4, -0.2) is 29.6 Å². The molecule has 2 nitrogen and oxygen atoms in total. The molecular weight excluding hydrogens is 136 g/mol. The molecule has 0 bridgehead atoms. The molecular formula is C9H20N2. The highest BCUT2D eigenvalue weighted by molar-refractivity contribution is 5.02. The third-order valence-electron chi connectivity index (χ3n) is 2.88. The van der Waals surface area contributed by atoms with Gasteiger partial charge in [-0.3, -0.25) is 4.90 Å². The van der Waals surface area contributed by atoms with E-state index < -0.39 is 0 Å². The predicted molar refractivity (Wildman–Crippen MR) is 48.5 cm³/mol. The van der Waals surface area contributed by atoms with E-state index in [1.54, 1.807) is 0 Å². The normalized spacial score (nSPS) is 24.3. The Bertz CT molecular complexity index is 134. The third-order valence-corrected chi connectivity index (χ3v) is 2.88. The van der Waals surface area contributed by atoms with Crippen molar-refractivity contribution in [3.63, 3.8) is 0 Å². The van der Waals surface area contributed by atoms with Gasteiger partial charge in [0, 0.05) is 24.7 Å². The van der Waals surface area contributed by atoms with Gasteiger partial charge in [-0.1, -0.05) is 13.8 Å². The van der Waals surface area contributed by atoms with Crippen LogP contribution in [0.3, 0.4) is 0 Å². The Kier molecular flexibility index (Phi) is 2.26. The minimum atomic E-state index is 0.101. The fraction of sp³-hybridized carbons (Fsp3) is 1.00. The first-order valence-electron chi connectivity index (χ1n) is 4.48. The van der Waals surface area contributed by atoms with Gasteiger partial charge in [-0.15, -0.1) is 0 Å². The van der Waals surface area contributed by atoms with Gasteiger partial charge in [0.05, 0.1) is 0 Å². The Hall–Kier alpha value is -0.0800. The third kappa shape index (κ3) is 1.57. The summed E-state index contributed by atoms with van der Waals surface area (Å²) < 4.78 is 0. The molecule has 0 aromatic heterocycles. The Balaban J connectivity index is 2.38. The number of rotatable bonds is 2. The van der Waals surface area contributed by atoms with Gasteiger partial charge < -0.3 is 5.73 Å². The van der Waals surface area contributed by atoms with Crippen LogP contribution in [0.5, 0.6) is 0 Å². The van der Waals surface area contributed by atoms with Crippen molar-refractivity contribution in [1.29, 1.82) is 0 Å². The second-order valence-electron chi connectivity index (χ2n) is 4.39. The van der Waals surface area contributed by atoms with E-state index in [1.165, 1.54) is 0 Å². The van der Waals surface area contributed by atoms with E-state index in [2.05, 4.69) is 32.6 Å². The maximum atomic E-state index is 6.13. The summed E-state index contributed by atoms with van der Waals surface area (Å²) in [6.45, 7) is 11.0. The van der Waals surface area contributed by atoms with E-state index in [9.17, 15) is 0 Å². The molecule has 0 spiro atoms. The van der Waals surface area contributed by atoms with Crippen molar-refractivity contribution in [3.05, 3.63) is 0 Å². The molecule has 1 rings (SSSR count). The fourth-order valence-corrected chi connectivity index (χ4v) is 1.44. The molecule has 1 aliphatic heterocycles. The lowest BCUT2D eigenvalue weighted by Crippen LogP contribution is -2.71. The average molecular weight is 156 g/mol. The van der Waals surface area contributed by atoms with Gasteiger partial charge in [-0.05, 0) is 19.8 Å². The largest absolute Gasteiger partial charge is 0.323 e. The number of likely N-dealkylation sites (tertiary alicyclic amines) is 1. The second kappa shape index (κ2) is 2.76. The monoisotopic (exact) mass is 156 g/mol. The minimum absolute atomic E-state index is 0.101. The van der Waals surface area contributed by atoms with Crippen LogP contribution in [0.25, 0.3) is 0 Å². The highest BCUT2D eigenvalue weighted by Gasteiger charge is 2.42. The van der Waals surface area contributed by atoms with Crippen LogP contribution in [-0.2, 0) is 0 Å². The zero-order chi connectivity index (χ0) is 8.65. The van der Waals surface area contributed by atoms with Crippen molar-refractivity contribution in [3.8, 4) is 0 Å². The Labute approximate surface area is 69.8 Å². The van der Waals surface area contributed by atoms with Crippen LogP contribution >= 0.6 is 0 Å². The molecule has 0 aliphatic carbocycles. The summed E-state index contributed by atoms with van der Waals surface area (Å²) in [6, 6.07) is 0.658. The van der Waals surface area contributed by atoms with Gasteiger partial charge in [-0.25, -0.2) is 0 Å². The summed E-state index contributed by atoms with van der Waals surface area (Å²) in [5, 5.41) is 0. The molecule has 2 N–H and O–H groups in total. The van der Waals surface area contributed by atoms with Crippen molar-refractivity contribution in [2.45, 2.75) is 39.3 Å². The van der Waals surface area contributed by atoms with Gasteiger partial charge in [0.25, 0.3) is 0 Å². The summed E-state index contributed by atoms with van der Waals surface area (Å²) in [6.07, 6.45) is 0. The SMILES string of the molecule is CC(C)N1CC(N)(C(C)C)C1. The molecule has 0 atom stereocenters. The molecule has 0 saturated carbocycles. The Morgan fingerprint density at radius 1 is 1.18 bits per heavy atom. The van der Waals surface area contributed by atoms with Gasteiger partial charge >= 0.3 is 0 Å². The van der Waals surface area contributed by atoms with Crippen LogP contribution in [0.2, 0.25) is 0 Å². The van der Waals surface area contributed by atoms with E-state index in [-0.39, 0.29) is 5.54 Å². The molecule has 1 heterocycles. The Morgan fingerprint density at radius 2 is 1.64 bits per heavy atom. The first-order chi connectivity index (χ1) is 4.96. The molecule has 11 heavy (non-hydrogen) atoms. The summed E-state index contributed by atoms with van der Waals surface area (Å²) in [4.78, 5) is 2.42. The van der Waals surface area contributed by atoms with Crippen LogP contribution in [0.15, 0.2) is 0 Å². The van der Waals surface area contributed by atoms with Gasteiger partial charge in [0.1, 0.15) is 0 Å². The predicted octanol–water partition coefficient (Wildman–Crippen LogP) is 1.06. The summed E-state index contributed by atoms with van der Waals surface area (Å²) in [5.74, 6) is 0.609. The summed E-state index contributed by atoms with van der Waals surface area (Å²) in [5.41, 5.74) is 6.23. The molecule has 0 radical (unpaired) electrons. The minimum Gasteiger partial charge on any atom is -0.323 e. The highest BCUT2D eigenvalue weighted by Crippen LogP contribution is 2.27. The van der Waals surface area contributed by atoms with Crippen molar-refractivity contribution >= 4 is 0 Å². The molecule has 0 amide bonds. The molecule has 0 aromatic carbocycles. The number of nitrogens with zero attached hydrogens (tertiary/aromatic N) is 1. The number of nitrogens with two attached hydrogens (primary N) is 1. The quantitative estimate of drug-likeness (QED) is 0.648. The summed E-state index contributed by atoms with van der Waals surface area (Å²) >= 11 is 0. The summed E-state index contributed by atoms with van der Waals surface area (Å²) in [7, 11) is 0. The van der Waals surface area contributed by atoms with Gasteiger partial charge in [-0.2, -0.15) is 0 Å². The molecule has 0 aromatic rings. The zero-order valence-corrected chi connectivity index (χ0v) is 8.09. The molecule has 1 saturated heterocycles. The zero-order valence-electron chi connectivity index (χ0n) is 8.09. The van der Waals surface area contributed by atoms with Crippen LogP contribution < -0.4 is 5.73 Å². The maximum absolute atomic E-state index is 6.13. The standard InChI is InChI=1S/C9H20N2/c1-7(2)9(10)5-11(6-9)8(3)4/h7-8H,5-6,10H2,1-4H3.